The second-order valence-electron chi connectivity index (χ2n) is 7.77. The van der Waals surface area contributed by atoms with Crippen LogP contribution in [0.1, 0.15) is 24.1 Å². The van der Waals surface area contributed by atoms with Gasteiger partial charge in [0.05, 0.1) is 10.2 Å². The number of benzene rings is 1. The Balaban J connectivity index is 1.25. The van der Waals surface area contributed by atoms with E-state index in [4.69, 9.17) is 9.97 Å². The van der Waals surface area contributed by atoms with E-state index in [1.165, 1.54) is 5.56 Å². The monoisotopic (exact) mass is 419 g/mol. The summed E-state index contributed by atoms with van der Waals surface area (Å²) in [5, 5.41) is 16.2. The number of rotatable bonds is 6. The Morgan fingerprint density at radius 1 is 1.13 bits per heavy atom. The fourth-order valence-electron chi connectivity index (χ4n) is 3.88. The molecule has 8 heteroatoms. The number of thiophene rings is 1. The molecular formula is C22H25N7S. The molecule has 30 heavy (non-hydrogen) atoms. The molecular weight excluding hydrogens is 394 g/mol. The molecule has 4 heterocycles. The summed E-state index contributed by atoms with van der Waals surface area (Å²) in [5.41, 5.74) is 3.34. The first-order valence-corrected chi connectivity index (χ1v) is 11.2. The lowest BCUT2D eigenvalue weighted by Gasteiger charge is -2.32. The second kappa shape index (κ2) is 8.41. The van der Waals surface area contributed by atoms with E-state index in [1.54, 1.807) is 11.3 Å². The van der Waals surface area contributed by atoms with Crippen molar-refractivity contribution in [1.29, 1.82) is 0 Å². The first kappa shape index (κ1) is 19.0. The fraction of sp³-hybridized carbons (Fsp3) is 0.318. The van der Waals surface area contributed by atoms with Gasteiger partial charge in [-0.2, -0.15) is 10.1 Å². The van der Waals surface area contributed by atoms with Gasteiger partial charge < -0.3 is 10.6 Å². The number of anilines is 3. The third-order valence-corrected chi connectivity index (χ3v) is 6.34. The zero-order valence-electron chi connectivity index (χ0n) is 16.9. The van der Waals surface area contributed by atoms with Gasteiger partial charge in [-0.3, -0.25) is 10.00 Å². The molecule has 3 N–H and O–H groups in total. The normalized spacial score (nSPS) is 15.5. The van der Waals surface area contributed by atoms with Crippen molar-refractivity contribution in [3.05, 3.63) is 59.1 Å². The predicted molar refractivity (Wildman–Crippen MR) is 122 cm³/mol. The zero-order chi connectivity index (χ0) is 20.3. The van der Waals surface area contributed by atoms with Crippen LogP contribution in [0.3, 0.4) is 0 Å². The van der Waals surface area contributed by atoms with E-state index in [0.29, 0.717) is 12.0 Å². The zero-order valence-corrected chi connectivity index (χ0v) is 17.7. The first-order chi connectivity index (χ1) is 14.7. The second-order valence-corrected chi connectivity index (χ2v) is 8.69. The molecule has 0 saturated carbocycles. The largest absolute Gasteiger partial charge is 0.351 e. The van der Waals surface area contributed by atoms with Gasteiger partial charge in [0.25, 0.3) is 0 Å². The van der Waals surface area contributed by atoms with Crippen molar-refractivity contribution in [3.63, 3.8) is 0 Å². The van der Waals surface area contributed by atoms with Gasteiger partial charge in [0, 0.05) is 37.4 Å². The van der Waals surface area contributed by atoms with Crippen LogP contribution in [0, 0.1) is 6.92 Å². The van der Waals surface area contributed by atoms with E-state index in [9.17, 15) is 0 Å². The maximum atomic E-state index is 4.77. The average molecular weight is 420 g/mol. The molecule has 0 atom stereocenters. The number of nitrogens with one attached hydrogen (secondary N) is 3. The highest BCUT2D eigenvalue weighted by molar-refractivity contribution is 7.17. The standard InChI is InChI=1S/C22H25N7S/c1-15-13-19(28-27-15)25-21-20-18(9-12-30-20)24-22(26-21)23-17-7-10-29(11-8-17)14-16-5-3-2-4-6-16/h2-6,9,12-13,17H,7-8,10-11,14H2,1H3,(H3,23,24,25,26,27,28). The summed E-state index contributed by atoms with van der Waals surface area (Å²) in [5.74, 6) is 2.24. The molecule has 154 valence electrons. The van der Waals surface area contributed by atoms with Crippen LogP contribution in [0.5, 0.6) is 0 Å². The van der Waals surface area contributed by atoms with Gasteiger partial charge in [-0.15, -0.1) is 11.3 Å². The van der Waals surface area contributed by atoms with Crippen molar-refractivity contribution in [2.45, 2.75) is 32.4 Å². The number of fused-ring (bicyclic) bond motifs is 1. The van der Waals surface area contributed by atoms with Crippen molar-refractivity contribution in [3.8, 4) is 0 Å². The minimum absolute atomic E-state index is 0.383. The lowest BCUT2D eigenvalue weighted by Crippen LogP contribution is -2.39. The molecule has 5 rings (SSSR count). The first-order valence-electron chi connectivity index (χ1n) is 10.3. The maximum Gasteiger partial charge on any atom is 0.225 e. The van der Waals surface area contributed by atoms with Crippen LogP contribution >= 0.6 is 11.3 Å². The van der Waals surface area contributed by atoms with Crippen molar-refractivity contribution >= 4 is 39.1 Å². The van der Waals surface area contributed by atoms with Crippen molar-refractivity contribution < 1.29 is 0 Å². The van der Waals surface area contributed by atoms with Crippen LogP contribution in [0.4, 0.5) is 17.6 Å². The Kier molecular flexibility index (Phi) is 5.33. The van der Waals surface area contributed by atoms with Gasteiger partial charge >= 0.3 is 0 Å². The van der Waals surface area contributed by atoms with Gasteiger partial charge in [0.1, 0.15) is 0 Å². The summed E-state index contributed by atoms with van der Waals surface area (Å²) < 4.78 is 1.04. The van der Waals surface area contributed by atoms with E-state index in [1.807, 2.05) is 24.4 Å². The molecule has 7 nitrogen and oxygen atoms in total. The number of H-pyrrole nitrogens is 1. The molecule has 1 aliphatic rings. The predicted octanol–water partition coefficient (Wildman–Crippen LogP) is 4.54. The molecule has 0 unspecified atom stereocenters. The van der Waals surface area contributed by atoms with Gasteiger partial charge in [0.15, 0.2) is 11.6 Å². The van der Waals surface area contributed by atoms with Crippen LogP contribution in [0.15, 0.2) is 47.8 Å². The Morgan fingerprint density at radius 3 is 2.73 bits per heavy atom. The third-order valence-electron chi connectivity index (χ3n) is 5.43. The van der Waals surface area contributed by atoms with Crippen LogP contribution < -0.4 is 10.6 Å². The van der Waals surface area contributed by atoms with Crippen LogP contribution in [0.25, 0.3) is 10.2 Å². The Labute approximate surface area is 179 Å². The van der Waals surface area contributed by atoms with Gasteiger partial charge in [-0.25, -0.2) is 4.98 Å². The number of likely N-dealkylation sites (tertiary alicyclic amines) is 1. The SMILES string of the molecule is Cc1cc(Nc2nc(NC3CCN(Cc4ccccc4)CC3)nc3ccsc23)n[nH]1. The van der Waals surface area contributed by atoms with E-state index >= 15 is 0 Å². The Morgan fingerprint density at radius 2 is 1.97 bits per heavy atom. The van der Waals surface area contributed by atoms with Gasteiger partial charge in [-0.1, -0.05) is 30.3 Å². The van der Waals surface area contributed by atoms with E-state index in [-0.39, 0.29) is 0 Å². The highest BCUT2D eigenvalue weighted by Gasteiger charge is 2.21. The fourth-order valence-corrected chi connectivity index (χ4v) is 4.65. The number of piperidine rings is 1. The molecule has 1 saturated heterocycles. The van der Waals surface area contributed by atoms with Crippen LogP contribution in [-0.2, 0) is 6.54 Å². The van der Waals surface area contributed by atoms with Crippen molar-refractivity contribution in [1.82, 2.24) is 25.1 Å². The van der Waals surface area contributed by atoms with E-state index < -0.39 is 0 Å². The topological polar surface area (TPSA) is 81.8 Å². The summed E-state index contributed by atoms with van der Waals surface area (Å²) in [6.07, 6.45) is 2.17. The van der Waals surface area contributed by atoms with Crippen molar-refractivity contribution in [2.24, 2.45) is 0 Å². The number of hydrogen-bond donors (Lipinski definition) is 3. The third kappa shape index (κ3) is 4.29. The van der Waals surface area contributed by atoms with Crippen molar-refractivity contribution in [2.75, 3.05) is 23.7 Å². The molecule has 3 aromatic heterocycles. The van der Waals surface area contributed by atoms with E-state index in [2.05, 4.69) is 56.1 Å². The summed E-state index contributed by atoms with van der Waals surface area (Å²) in [4.78, 5) is 12.0. The lowest BCUT2D eigenvalue weighted by atomic mass is 10.0. The summed E-state index contributed by atoms with van der Waals surface area (Å²) in [6.45, 7) is 5.15. The van der Waals surface area contributed by atoms with Gasteiger partial charge in [-0.05, 0) is 36.8 Å². The summed E-state index contributed by atoms with van der Waals surface area (Å²) in [6, 6.07) is 15.1. The average Bonchev–Trinajstić information content (AvgIpc) is 3.39. The molecule has 0 spiro atoms. The summed E-state index contributed by atoms with van der Waals surface area (Å²) >= 11 is 1.64. The quantitative estimate of drug-likeness (QED) is 0.426. The lowest BCUT2D eigenvalue weighted by molar-refractivity contribution is 0.211. The number of aromatic amines is 1. The molecule has 0 amide bonds. The molecule has 1 fully saturated rings. The van der Waals surface area contributed by atoms with Gasteiger partial charge in [0.2, 0.25) is 5.95 Å². The minimum Gasteiger partial charge on any atom is -0.351 e. The number of hydrogen-bond acceptors (Lipinski definition) is 7. The molecule has 1 aliphatic heterocycles. The van der Waals surface area contributed by atoms with Crippen LogP contribution in [-0.4, -0.2) is 44.2 Å². The summed E-state index contributed by atoms with van der Waals surface area (Å²) in [7, 11) is 0. The Hall–Kier alpha value is -2.97. The number of aromatic nitrogens is 4. The molecule has 4 aromatic rings. The molecule has 1 aromatic carbocycles. The molecule has 0 radical (unpaired) electrons. The molecule has 0 bridgehead atoms. The number of aryl methyl sites for hydroxylation is 1. The highest BCUT2D eigenvalue weighted by Crippen LogP contribution is 2.30. The number of nitrogens with zero attached hydrogens (tertiary/aromatic N) is 4. The maximum absolute atomic E-state index is 4.77. The Bertz CT molecular complexity index is 1110. The molecule has 0 aliphatic carbocycles. The highest BCUT2D eigenvalue weighted by atomic mass is 32.1. The smallest absolute Gasteiger partial charge is 0.225 e. The minimum atomic E-state index is 0.383. The van der Waals surface area contributed by atoms with Crippen LogP contribution in [0.2, 0.25) is 0 Å². The van der Waals surface area contributed by atoms with E-state index in [0.717, 1.165) is 60.0 Å².